The predicted molar refractivity (Wildman–Crippen MR) is 71.2 cm³/mol. The lowest BCUT2D eigenvalue weighted by Crippen LogP contribution is -2.40. The lowest BCUT2D eigenvalue weighted by molar-refractivity contribution is -0.142. The highest BCUT2D eigenvalue weighted by atomic mass is 16.4. The molecule has 106 valence electrons. The predicted octanol–water partition coefficient (Wildman–Crippen LogP) is 0.769. The van der Waals surface area contributed by atoms with Gasteiger partial charge in [-0.25, -0.2) is 0 Å². The van der Waals surface area contributed by atoms with Gasteiger partial charge in [-0.1, -0.05) is 6.42 Å². The minimum Gasteiger partial charge on any atom is -0.481 e. The van der Waals surface area contributed by atoms with Gasteiger partial charge in [0.2, 0.25) is 5.91 Å². The molecule has 2 atom stereocenters. The second-order valence-corrected chi connectivity index (χ2v) is 4.90. The Morgan fingerprint density at radius 3 is 2.25 bits per heavy atom. The van der Waals surface area contributed by atoms with E-state index in [4.69, 9.17) is 10.8 Å². The Kier molecular flexibility index (Phi) is 4.02. The normalized spacial score (nSPS) is 21.4. The lowest BCUT2D eigenvalue weighted by Gasteiger charge is -2.17. The van der Waals surface area contributed by atoms with Crippen LogP contribution >= 0.6 is 0 Å². The van der Waals surface area contributed by atoms with Crippen LogP contribution in [0, 0.1) is 5.92 Å². The number of hydrogen-bond donors (Lipinski definition) is 3. The molecular weight excluding hydrogens is 260 g/mol. The van der Waals surface area contributed by atoms with E-state index < -0.39 is 17.8 Å². The molecule has 6 heteroatoms. The van der Waals surface area contributed by atoms with Gasteiger partial charge in [-0.3, -0.25) is 14.4 Å². The van der Waals surface area contributed by atoms with Crippen molar-refractivity contribution in [2.75, 3.05) is 0 Å². The van der Waals surface area contributed by atoms with Crippen molar-refractivity contribution in [3.05, 3.63) is 35.4 Å². The van der Waals surface area contributed by atoms with Gasteiger partial charge in [0, 0.05) is 17.2 Å². The molecule has 4 N–H and O–H groups in total. The van der Waals surface area contributed by atoms with Crippen LogP contribution in [0.5, 0.6) is 0 Å². The van der Waals surface area contributed by atoms with Gasteiger partial charge in [-0.15, -0.1) is 0 Å². The SMILES string of the molecule is NC(=O)c1ccc(C(=O)N[C@@H]2CCC[C@@H]2C(=O)O)cc1. The summed E-state index contributed by atoms with van der Waals surface area (Å²) in [5, 5.41) is 11.8. The zero-order valence-corrected chi connectivity index (χ0v) is 10.8. The van der Waals surface area contributed by atoms with Gasteiger partial charge in [0.1, 0.15) is 0 Å². The fraction of sp³-hybridized carbons (Fsp3) is 0.357. The van der Waals surface area contributed by atoms with Crippen molar-refractivity contribution < 1.29 is 19.5 Å². The van der Waals surface area contributed by atoms with E-state index in [1.807, 2.05) is 0 Å². The van der Waals surface area contributed by atoms with Crippen LogP contribution in [0.15, 0.2) is 24.3 Å². The zero-order valence-electron chi connectivity index (χ0n) is 10.8. The summed E-state index contributed by atoms with van der Waals surface area (Å²) < 4.78 is 0. The second-order valence-electron chi connectivity index (χ2n) is 4.90. The van der Waals surface area contributed by atoms with Crippen molar-refractivity contribution in [3.8, 4) is 0 Å². The number of benzene rings is 1. The number of primary amides is 1. The lowest BCUT2D eigenvalue weighted by atomic mass is 10.0. The Labute approximate surface area is 116 Å². The highest BCUT2D eigenvalue weighted by Gasteiger charge is 2.33. The summed E-state index contributed by atoms with van der Waals surface area (Å²) >= 11 is 0. The Hall–Kier alpha value is -2.37. The quantitative estimate of drug-likeness (QED) is 0.754. The molecule has 1 aromatic carbocycles. The number of carboxylic acid groups (broad SMARTS) is 1. The van der Waals surface area contributed by atoms with Crippen LogP contribution in [0.1, 0.15) is 40.0 Å². The van der Waals surface area contributed by atoms with Gasteiger partial charge in [0.05, 0.1) is 5.92 Å². The topological polar surface area (TPSA) is 109 Å². The van der Waals surface area contributed by atoms with E-state index in [2.05, 4.69) is 5.32 Å². The Morgan fingerprint density at radius 2 is 1.70 bits per heavy atom. The molecule has 2 amide bonds. The average molecular weight is 276 g/mol. The first-order chi connectivity index (χ1) is 9.49. The van der Waals surface area contributed by atoms with Crippen LogP contribution in [-0.4, -0.2) is 28.9 Å². The third-order valence-electron chi connectivity index (χ3n) is 3.58. The molecule has 0 radical (unpaired) electrons. The molecule has 1 aromatic rings. The Balaban J connectivity index is 2.04. The van der Waals surface area contributed by atoms with Gasteiger partial charge >= 0.3 is 5.97 Å². The van der Waals surface area contributed by atoms with E-state index in [0.29, 0.717) is 24.0 Å². The molecule has 0 spiro atoms. The van der Waals surface area contributed by atoms with Crippen molar-refractivity contribution in [2.45, 2.75) is 25.3 Å². The van der Waals surface area contributed by atoms with Crippen molar-refractivity contribution in [1.29, 1.82) is 0 Å². The molecule has 0 aliphatic heterocycles. The molecule has 0 unspecified atom stereocenters. The maximum absolute atomic E-state index is 12.0. The van der Waals surface area contributed by atoms with Crippen molar-refractivity contribution >= 4 is 17.8 Å². The number of rotatable bonds is 4. The van der Waals surface area contributed by atoms with Crippen molar-refractivity contribution in [3.63, 3.8) is 0 Å². The van der Waals surface area contributed by atoms with E-state index in [9.17, 15) is 14.4 Å². The molecule has 1 aliphatic carbocycles. The smallest absolute Gasteiger partial charge is 0.308 e. The molecule has 2 rings (SSSR count). The molecular formula is C14H16N2O4. The van der Waals surface area contributed by atoms with Crippen LogP contribution in [-0.2, 0) is 4.79 Å². The number of hydrogen-bond acceptors (Lipinski definition) is 3. The largest absolute Gasteiger partial charge is 0.481 e. The maximum Gasteiger partial charge on any atom is 0.308 e. The molecule has 20 heavy (non-hydrogen) atoms. The van der Waals surface area contributed by atoms with Gasteiger partial charge in [0.25, 0.3) is 5.91 Å². The summed E-state index contributed by atoms with van der Waals surface area (Å²) in [6.07, 6.45) is 2.05. The summed E-state index contributed by atoms with van der Waals surface area (Å²) in [6.45, 7) is 0. The molecule has 0 heterocycles. The highest BCUT2D eigenvalue weighted by Crippen LogP contribution is 2.26. The molecule has 6 nitrogen and oxygen atoms in total. The number of carboxylic acids is 1. The van der Waals surface area contributed by atoms with Crippen LogP contribution in [0.3, 0.4) is 0 Å². The highest BCUT2D eigenvalue weighted by molar-refractivity contribution is 5.97. The summed E-state index contributed by atoms with van der Waals surface area (Å²) in [6, 6.07) is 5.61. The zero-order chi connectivity index (χ0) is 14.7. The van der Waals surface area contributed by atoms with Gasteiger partial charge in [0.15, 0.2) is 0 Å². The fourth-order valence-corrected chi connectivity index (χ4v) is 2.47. The Bertz CT molecular complexity index is 539. The van der Waals surface area contributed by atoms with E-state index in [1.165, 1.54) is 24.3 Å². The van der Waals surface area contributed by atoms with Crippen LogP contribution < -0.4 is 11.1 Å². The molecule has 1 saturated carbocycles. The molecule has 1 fully saturated rings. The monoisotopic (exact) mass is 276 g/mol. The second kappa shape index (κ2) is 5.73. The standard InChI is InChI=1S/C14H16N2O4/c15-12(17)8-4-6-9(7-5-8)13(18)16-11-3-1-2-10(11)14(19)20/h4-7,10-11H,1-3H2,(H2,15,17)(H,16,18)(H,19,20)/t10-,11+/m0/s1. The van der Waals surface area contributed by atoms with E-state index >= 15 is 0 Å². The maximum atomic E-state index is 12.0. The minimum absolute atomic E-state index is 0.325. The number of carbonyl (C=O) groups excluding carboxylic acids is 2. The Morgan fingerprint density at radius 1 is 1.10 bits per heavy atom. The third kappa shape index (κ3) is 2.96. The summed E-state index contributed by atoms with van der Waals surface area (Å²) in [4.78, 5) is 34.0. The number of nitrogens with one attached hydrogen (secondary N) is 1. The van der Waals surface area contributed by atoms with E-state index in [-0.39, 0.29) is 11.9 Å². The van der Waals surface area contributed by atoms with Gasteiger partial charge in [-0.05, 0) is 37.1 Å². The first-order valence-corrected chi connectivity index (χ1v) is 6.42. The molecule has 0 saturated heterocycles. The average Bonchev–Trinajstić information content (AvgIpc) is 2.87. The number of nitrogens with two attached hydrogens (primary N) is 1. The first kappa shape index (κ1) is 14.0. The number of aliphatic carboxylic acids is 1. The van der Waals surface area contributed by atoms with Crippen LogP contribution in [0.2, 0.25) is 0 Å². The number of carbonyl (C=O) groups is 3. The minimum atomic E-state index is -0.878. The van der Waals surface area contributed by atoms with Gasteiger partial charge < -0.3 is 16.2 Å². The van der Waals surface area contributed by atoms with Crippen molar-refractivity contribution in [2.24, 2.45) is 11.7 Å². The van der Waals surface area contributed by atoms with Gasteiger partial charge in [-0.2, -0.15) is 0 Å². The van der Waals surface area contributed by atoms with E-state index in [0.717, 1.165) is 6.42 Å². The molecule has 0 aromatic heterocycles. The van der Waals surface area contributed by atoms with Crippen LogP contribution in [0.25, 0.3) is 0 Å². The summed E-state index contributed by atoms with van der Waals surface area (Å²) in [5.41, 5.74) is 5.82. The van der Waals surface area contributed by atoms with Crippen molar-refractivity contribution in [1.82, 2.24) is 5.32 Å². The summed E-state index contributed by atoms with van der Waals surface area (Å²) in [5.74, 6) is -2.29. The summed E-state index contributed by atoms with van der Waals surface area (Å²) in [7, 11) is 0. The van der Waals surface area contributed by atoms with E-state index in [1.54, 1.807) is 0 Å². The molecule has 0 bridgehead atoms. The number of amides is 2. The third-order valence-corrected chi connectivity index (χ3v) is 3.58. The fourth-order valence-electron chi connectivity index (χ4n) is 2.47. The molecule has 1 aliphatic rings. The first-order valence-electron chi connectivity index (χ1n) is 6.42. The van der Waals surface area contributed by atoms with Crippen LogP contribution in [0.4, 0.5) is 0 Å².